The van der Waals surface area contributed by atoms with Crippen molar-refractivity contribution in [2.45, 2.75) is 44.9 Å². The molecule has 0 aromatic heterocycles. The maximum absolute atomic E-state index is 12.3. The minimum Gasteiger partial charge on any atom is -0.465 e. The van der Waals surface area contributed by atoms with E-state index in [1.165, 1.54) is 0 Å². The van der Waals surface area contributed by atoms with Gasteiger partial charge in [0.2, 0.25) is 0 Å². The summed E-state index contributed by atoms with van der Waals surface area (Å²) in [5, 5.41) is 0. The van der Waals surface area contributed by atoms with Gasteiger partial charge in [-0.25, -0.2) is 4.79 Å². The number of hydrogen-bond donors (Lipinski definition) is 1. The van der Waals surface area contributed by atoms with E-state index in [-0.39, 0.29) is 24.2 Å². The Hall–Kier alpha value is -2.12. The van der Waals surface area contributed by atoms with E-state index < -0.39 is 0 Å². The lowest BCUT2D eigenvalue weighted by molar-refractivity contribution is -0.151. The molecule has 2 heterocycles. The second-order valence-corrected chi connectivity index (χ2v) is 6.75. The van der Waals surface area contributed by atoms with E-state index in [0.29, 0.717) is 26.2 Å². The summed E-state index contributed by atoms with van der Waals surface area (Å²) in [6.07, 6.45) is 2.25. The molecule has 2 aliphatic rings. The van der Waals surface area contributed by atoms with Gasteiger partial charge in [-0.15, -0.1) is 0 Å². The lowest BCUT2D eigenvalue weighted by Gasteiger charge is -2.34. The van der Waals surface area contributed by atoms with Gasteiger partial charge in [-0.3, -0.25) is 14.6 Å². The summed E-state index contributed by atoms with van der Waals surface area (Å²) in [6, 6.07) is 7.36. The Balaban J connectivity index is 1.63. The normalized spacial score (nSPS) is 23.8. The standard InChI is InChI=1S/C19H27N3O4/c1-2-25-18(23)17-5-3-4-10-21(17)12-16-13-22(19(24)26-16)15-8-6-14(11-20)7-9-15/h6-9,16-17H,2-5,10-13,20H2,1H3. The summed E-state index contributed by atoms with van der Waals surface area (Å²) >= 11 is 0. The molecule has 0 spiro atoms. The molecular formula is C19H27N3O4. The molecule has 2 unspecified atom stereocenters. The van der Waals surface area contributed by atoms with Crippen molar-refractivity contribution >= 4 is 17.7 Å². The van der Waals surface area contributed by atoms with Crippen LogP contribution in [0.3, 0.4) is 0 Å². The van der Waals surface area contributed by atoms with Gasteiger partial charge in [0.1, 0.15) is 12.1 Å². The maximum atomic E-state index is 12.3. The monoisotopic (exact) mass is 361 g/mol. The van der Waals surface area contributed by atoms with Crippen LogP contribution in [-0.4, -0.2) is 55.3 Å². The first-order valence-electron chi connectivity index (χ1n) is 9.30. The first-order valence-corrected chi connectivity index (χ1v) is 9.30. The highest BCUT2D eigenvalue weighted by Gasteiger charge is 2.37. The molecule has 0 bridgehead atoms. The highest BCUT2D eigenvalue weighted by molar-refractivity contribution is 5.89. The van der Waals surface area contributed by atoms with Crippen LogP contribution in [-0.2, 0) is 20.8 Å². The lowest BCUT2D eigenvalue weighted by Crippen LogP contribution is -2.49. The second kappa shape index (κ2) is 8.51. The van der Waals surface area contributed by atoms with Crippen molar-refractivity contribution in [3.8, 4) is 0 Å². The van der Waals surface area contributed by atoms with Gasteiger partial charge in [0.15, 0.2) is 0 Å². The lowest BCUT2D eigenvalue weighted by atomic mass is 10.0. The zero-order valence-electron chi connectivity index (χ0n) is 15.2. The van der Waals surface area contributed by atoms with E-state index in [2.05, 4.69) is 4.90 Å². The molecule has 2 aliphatic heterocycles. The van der Waals surface area contributed by atoms with Gasteiger partial charge in [-0.2, -0.15) is 0 Å². The third-order valence-electron chi connectivity index (χ3n) is 4.97. The van der Waals surface area contributed by atoms with E-state index in [0.717, 1.165) is 37.1 Å². The number of nitrogens with zero attached hydrogens (tertiary/aromatic N) is 2. The molecule has 2 atom stereocenters. The summed E-state index contributed by atoms with van der Waals surface area (Å²) in [5.74, 6) is -0.175. The Morgan fingerprint density at radius 2 is 2.08 bits per heavy atom. The molecule has 2 N–H and O–H groups in total. The van der Waals surface area contributed by atoms with Crippen LogP contribution >= 0.6 is 0 Å². The fourth-order valence-corrected chi connectivity index (χ4v) is 3.62. The zero-order valence-corrected chi connectivity index (χ0v) is 15.2. The topological polar surface area (TPSA) is 85.1 Å². The SMILES string of the molecule is CCOC(=O)C1CCCCN1CC1CN(c2ccc(CN)cc2)C(=O)O1. The summed E-state index contributed by atoms with van der Waals surface area (Å²) < 4.78 is 10.7. The molecule has 1 aromatic rings. The number of ether oxygens (including phenoxy) is 2. The molecule has 2 saturated heterocycles. The van der Waals surface area contributed by atoms with Crippen molar-refractivity contribution in [2.75, 3.05) is 31.1 Å². The molecule has 7 nitrogen and oxygen atoms in total. The molecule has 0 radical (unpaired) electrons. The predicted molar refractivity (Wildman–Crippen MR) is 97.8 cm³/mol. The number of carbonyl (C=O) groups excluding carboxylic acids is 2. The second-order valence-electron chi connectivity index (χ2n) is 6.75. The van der Waals surface area contributed by atoms with Crippen molar-refractivity contribution in [1.29, 1.82) is 0 Å². The quantitative estimate of drug-likeness (QED) is 0.779. The van der Waals surface area contributed by atoms with Crippen molar-refractivity contribution in [3.63, 3.8) is 0 Å². The predicted octanol–water partition coefficient (Wildman–Crippen LogP) is 1.89. The third-order valence-corrected chi connectivity index (χ3v) is 4.97. The van der Waals surface area contributed by atoms with E-state index in [9.17, 15) is 9.59 Å². The van der Waals surface area contributed by atoms with E-state index in [1.54, 1.807) is 4.90 Å². The Bertz CT molecular complexity index is 634. The third kappa shape index (κ3) is 4.16. The number of likely N-dealkylation sites (tertiary alicyclic amines) is 1. The van der Waals surface area contributed by atoms with Gasteiger partial charge in [0.05, 0.1) is 13.2 Å². The maximum Gasteiger partial charge on any atom is 0.414 e. The number of amides is 1. The van der Waals surface area contributed by atoms with Gasteiger partial charge < -0.3 is 15.2 Å². The van der Waals surface area contributed by atoms with E-state index in [1.807, 2.05) is 31.2 Å². The highest BCUT2D eigenvalue weighted by Crippen LogP contribution is 2.25. The van der Waals surface area contributed by atoms with Crippen LogP contribution < -0.4 is 10.6 Å². The van der Waals surface area contributed by atoms with Gasteiger partial charge in [0.25, 0.3) is 0 Å². The minimum absolute atomic E-state index is 0.175. The summed E-state index contributed by atoms with van der Waals surface area (Å²) in [7, 11) is 0. The molecule has 3 rings (SSSR count). The van der Waals surface area contributed by atoms with Gasteiger partial charge >= 0.3 is 12.1 Å². The highest BCUT2D eigenvalue weighted by atomic mass is 16.6. The fourth-order valence-electron chi connectivity index (χ4n) is 3.62. The van der Waals surface area contributed by atoms with Gasteiger partial charge in [-0.05, 0) is 44.0 Å². The van der Waals surface area contributed by atoms with E-state index >= 15 is 0 Å². The van der Waals surface area contributed by atoms with Crippen molar-refractivity contribution in [1.82, 2.24) is 4.90 Å². The molecule has 1 aromatic carbocycles. The average molecular weight is 361 g/mol. The molecular weight excluding hydrogens is 334 g/mol. The minimum atomic E-state index is -0.347. The van der Waals surface area contributed by atoms with Crippen LogP contribution in [0.15, 0.2) is 24.3 Å². The number of carbonyl (C=O) groups is 2. The Kier molecular flexibility index (Phi) is 6.11. The number of esters is 1. The van der Waals surface area contributed by atoms with Crippen LogP contribution in [0.1, 0.15) is 31.7 Å². The first-order chi connectivity index (χ1) is 12.6. The number of hydrogen-bond acceptors (Lipinski definition) is 6. The number of piperidine rings is 1. The Morgan fingerprint density at radius 1 is 1.31 bits per heavy atom. The molecule has 0 saturated carbocycles. The van der Waals surface area contributed by atoms with Crippen molar-refractivity contribution < 1.29 is 19.1 Å². The van der Waals surface area contributed by atoms with Gasteiger partial charge in [-0.1, -0.05) is 18.6 Å². The van der Waals surface area contributed by atoms with Crippen LogP contribution in [0.2, 0.25) is 0 Å². The fraction of sp³-hybridized carbons (Fsp3) is 0.579. The molecule has 1 amide bonds. The number of nitrogens with two attached hydrogens (primary N) is 1. The summed E-state index contributed by atoms with van der Waals surface area (Å²) in [4.78, 5) is 28.2. The summed E-state index contributed by atoms with van der Waals surface area (Å²) in [6.45, 7) is 4.52. The summed E-state index contributed by atoms with van der Waals surface area (Å²) in [5.41, 5.74) is 7.44. The number of benzene rings is 1. The van der Waals surface area contributed by atoms with Gasteiger partial charge in [0, 0.05) is 18.8 Å². The van der Waals surface area contributed by atoms with Crippen LogP contribution in [0.25, 0.3) is 0 Å². The molecule has 2 fully saturated rings. The average Bonchev–Trinajstić information content (AvgIpc) is 3.02. The van der Waals surface area contributed by atoms with Crippen molar-refractivity contribution in [3.05, 3.63) is 29.8 Å². The number of rotatable bonds is 6. The number of anilines is 1. The molecule has 7 heteroatoms. The van der Waals surface area contributed by atoms with E-state index in [4.69, 9.17) is 15.2 Å². The molecule has 0 aliphatic carbocycles. The van der Waals surface area contributed by atoms with Crippen LogP contribution in [0, 0.1) is 0 Å². The number of cyclic esters (lactones) is 1. The van der Waals surface area contributed by atoms with Crippen molar-refractivity contribution in [2.24, 2.45) is 5.73 Å². The Morgan fingerprint density at radius 3 is 2.77 bits per heavy atom. The van der Waals surface area contributed by atoms with Crippen LogP contribution in [0.4, 0.5) is 10.5 Å². The first kappa shape index (κ1) is 18.7. The molecule has 26 heavy (non-hydrogen) atoms. The largest absolute Gasteiger partial charge is 0.465 e. The van der Waals surface area contributed by atoms with Crippen LogP contribution in [0.5, 0.6) is 0 Å². The zero-order chi connectivity index (χ0) is 18.5. The molecule has 142 valence electrons. The Labute approximate surface area is 154 Å². The smallest absolute Gasteiger partial charge is 0.414 e.